The zero-order chi connectivity index (χ0) is 13.8. The van der Waals surface area contributed by atoms with Gasteiger partial charge < -0.3 is 4.90 Å². The van der Waals surface area contributed by atoms with Crippen molar-refractivity contribution in [1.29, 1.82) is 0 Å². The second-order valence-electron chi connectivity index (χ2n) is 4.95. The molecule has 1 aromatic rings. The summed E-state index contributed by atoms with van der Waals surface area (Å²) in [5.74, 6) is 2.29. The molecule has 0 spiro atoms. The second-order valence-corrected chi connectivity index (χ2v) is 6.27. The van der Waals surface area contributed by atoms with E-state index in [0.29, 0.717) is 6.54 Å². The molecule has 0 aromatic heterocycles. The van der Waals surface area contributed by atoms with Crippen LogP contribution >= 0.6 is 11.8 Å². The second kappa shape index (κ2) is 6.44. The Hall–Kier alpha value is -1.00. The molecular weight excluding hydrogens is 256 g/mol. The van der Waals surface area contributed by atoms with Crippen LogP contribution in [0.5, 0.6) is 0 Å². The van der Waals surface area contributed by atoms with Crippen LogP contribution in [-0.4, -0.2) is 34.9 Å². The molecule has 1 aromatic carbocycles. The highest BCUT2D eigenvalue weighted by atomic mass is 32.2. The molecule has 2 unspecified atom stereocenters. The molecule has 1 aliphatic rings. The lowest BCUT2D eigenvalue weighted by Crippen LogP contribution is -2.39. The Kier molecular flexibility index (Phi) is 4.88. The summed E-state index contributed by atoms with van der Waals surface area (Å²) >= 11 is 1.88. The van der Waals surface area contributed by atoms with E-state index in [2.05, 4.69) is 38.2 Å². The number of carbonyl (C=O) groups is 1. The van der Waals surface area contributed by atoms with Gasteiger partial charge in [-0.2, -0.15) is 11.8 Å². The maximum absolute atomic E-state index is 12.1. The number of carbonyl (C=O) groups excluding carboxylic acids is 1. The number of benzene rings is 1. The topological polar surface area (TPSA) is 32.3 Å². The van der Waals surface area contributed by atoms with Gasteiger partial charge in [-0.15, -0.1) is 0 Å². The Morgan fingerprint density at radius 3 is 2.89 bits per heavy atom. The van der Waals surface area contributed by atoms with E-state index in [1.807, 2.05) is 28.8 Å². The standard InChI is InChI=1S/C15H22N2OS/c1-4-19-10-12(3)17-14(18)9-16-15(17)13-8-6-5-7-11(13)2/h5-8,12,15-16H,4,9-10H2,1-3H3. The summed E-state index contributed by atoms with van der Waals surface area (Å²) in [4.78, 5) is 14.1. The van der Waals surface area contributed by atoms with Crippen molar-refractivity contribution in [2.75, 3.05) is 18.1 Å². The van der Waals surface area contributed by atoms with Crippen molar-refractivity contribution in [3.63, 3.8) is 0 Å². The first-order valence-corrected chi connectivity index (χ1v) is 7.98. The van der Waals surface area contributed by atoms with E-state index < -0.39 is 0 Å². The van der Waals surface area contributed by atoms with Crippen molar-refractivity contribution in [1.82, 2.24) is 10.2 Å². The molecule has 0 saturated carbocycles. The fourth-order valence-corrected chi connectivity index (χ4v) is 3.28. The van der Waals surface area contributed by atoms with Crippen LogP contribution < -0.4 is 5.32 Å². The molecule has 0 radical (unpaired) electrons. The smallest absolute Gasteiger partial charge is 0.238 e. The Morgan fingerprint density at radius 2 is 2.21 bits per heavy atom. The molecule has 1 amide bonds. The summed E-state index contributed by atoms with van der Waals surface area (Å²) in [6, 6.07) is 8.55. The molecule has 0 bridgehead atoms. The minimum Gasteiger partial charge on any atom is -0.318 e. The molecule has 0 aliphatic carbocycles. The van der Waals surface area contributed by atoms with Crippen LogP contribution in [0.25, 0.3) is 0 Å². The Labute approximate surface area is 119 Å². The van der Waals surface area contributed by atoms with E-state index >= 15 is 0 Å². The summed E-state index contributed by atoms with van der Waals surface area (Å²) in [6.07, 6.45) is 0.0288. The predicted octanol–water partition coefficient (Wildman–Crippen LogP) is 2.57. The van der Waals surface area contributed by atoms with Gasteiger partial charge in [0.25, 0.3) is 0 Å². The number of hydrogen-bond acceptors (Lipinski definition) is 3. The fraction of sp³-hybridized carbons (Fsp3) is 0.533. The van der Waals surface area contributed by atoms with Crippen LogP contribution in [0, 0.1) is 6.92 Å². The normalized spacial score (nSPS) is 20.9. The molecule has 3 nitrogen and oxygen atoms in total. The zero-order valence-corrected chi connectivity index (χ0v) is 12.7. The first-order valence-electron chi connectivity index (χ1n) is 6.83. The van der Waals surface area contributed by atoms with Crippen molar-refractivity contribution in [2.45, 2.75) is 33.0 Å². The molecule has 2 rings (SSSR count). The van der Waals surface area contributed by atoms with E-state index in [4.69, 9.17) is 0 Å². The van der Waals surface area contributed by atoms with Crippen LogP contribution in [0.2, 0.25) is 0 Å². The quantitative estimate of drug-likeness (QED) is 0.898. The van der Waals surface area contributed by atoms with E-state index in [0.717, 1.165) is 11.5 Å². The van der Waals surface area contributed by atoms with Gasteiger partial charge in [-0.3, -0.25) is 10.1 Å². The molecule has 1 aliphatic heterocycles. The van der Waals surface area contributed by atoms with Crippen LogP contribution in [0.4, 0.5) is 0 Å². The van der Waals surface area contributed by atoms with E-state index in [-0.39, 0.29) is 18.1 Å². The largest absolute Gasteiger partial charge is 0.318 e. The van der Waals surface area contributed by atoms with Gasteiger partial charge in [0, 0.05) is 11.8 Å². The average Bonchev–Trinajstić information content (AvgIpc) is 2.78. The Morgan fingerprint density at radius 1 is 1.47 bits per heavy atom. The number of rotatable bonds is 5. The molecule has 1 fully saturated rings. The van der Waals surface area contributed by atoms with Gasteiger partial charge in [-0.1, -0.05) is 31.2 Å². The number of nitrogens with one attached hydrogen (secondary N) is 1. The summed E-state index contributed by atoms with van der Waals surface area (Å²) in [5, 5.41) is 3.34. The number of aryl methyl sites for hydroxylation is 1. The van der Waals surface area contributed by atoms with Crippen LogP contribution in [-0.2, 0) is 4.79 Å². The first kappa shape index (κ1) is 14.4. The monoisotopic (exact) mass is 278 g/mol. The highest BCUT2D eigenvalue weighted by Gasteiger charge is 2.35. The van der Waals surface area contributed by atoms with Crippen LogP contribution in [0.15, 0.2) is 24.3 Å². The lowest BCUT2D eigenvalue weighted by Gasteiger charge is -2.31. The van der Waals surface area contributed by atoms with Gasteiger partial charge in [0.15, 0.2) is 0 Å². The number of amides is 1. The Balaban J connectivity index is 2.20. The molecule has 104 valence electrons. The number of nitrogens with zero attached hydrogens (tertiary/aromatic N) is 1. The molecule has 2 atom stereocenters. The van der Waals surface area contributed by atoms with Crippen molar-refractivity contribution in [3.05, 3.63) is 35.4 Å². The highest BCUT2D eigenvalue weighted by molar-refractivity contribution is 7.99. The van der Waals surface area contributed by atoms with Gasteiger partial charge in [0.05, 0.1) is 6.54 Å². The van der Waals surface area contributed by atoms with Gasteiger partial charge >= 0.3 is 0 Å². The highest BCUT2D eigenvalue weighted by Crippen LogP contribution is 2.28. The third kappa shape index (κ3) is 3.12. The van der Waals surface area contributed by atoms with Gasteiger partial charge in [0.2, 0.25) is 5.91 Å². The maximum Gasteiger partial charge on any atom is 0.238 e. The number of hydrogen-bond donors (Lipinski definition) is 1. The minimum absolute atomic E-state index is 0.0288. The van der Waals surface area contributed by atoms with Gasteiger partial charge in [-0.05, 0) is 30.7 Å². The van der Waals surface area contributed by atoms with E-state index in [9.17, 15) is 4.79 Å². The summed E-state index contributed by atoms with van der Waals surface area (Å²) in [7, 11) is 0. The fourth-order valence-electron chi connectivity index (χ4n) is 2.54. The van der Waals surface area contributed by atoms with E-state index in [1.54, 1.807) is 0 Å². The maximum atomic E-state index is 12.1. The summed E-state index contributed by atoms with van der Waals surface area (Å²) < 4.78 is 0. The van der Waals surface area contributed by atoms with Crippen LogP contribution in [0.1, 0.15) is 31.1 Å². The predicted molar refractivity (Wildman–Crippen MR) is 81.2 cm³/mol. The zero-order valence-electron chi connectivity index (χ0n) is 11.8. The Bertz CT molecular complexity index is 450. The van der Waals surface area contributed by atoms with Gasteiger partial charge in [-0.25, -0.2) is 0 Å². The lowest BCUT2D eigenvalue weighted by atomic mass is 10.1. The molecule has 19 heavy (non-hydrogen) atoms. The van der Waals surface area contributed by atoms with Crippen molar-refractivity contribution < 1.29 is 4.79 Å². The number of thioether (sulfide) groups is 1. The molecule has 1 N–H and O–H groups in total. The van der Waals surface area contributed by atoms with E-state index in [1.165, 1.54) is 11.1 Å². The molecule has 1 heterocycles. The van der Waals surface area contributed by atoms with Crippen molar-refractivity contribution in [3.8, 4) is 0 Å². The lowest BCUT2D eigenvalue weighted by molar-refractivity contribution is -0.129. The molecule has 1 saturated heterocycles. The third-order valence-electron chi connectivity index (χ3n) is 3.53. The van der Waals surface area contributed by atoms with Crippen molar-refractivity contribution in [2.24, 2.45) is 0 Å². The minimum atomic E-state index is 0.0288. The first-order chi connectivity index (χ1) is 9.15. The average molecular weight is 278 g/mol. The SMILES string of the molecule is CCSCC(C)N1C(=O)CNC1c1ccccc1C. The third-order valence-corrected chi connectivity index (χ3v) is 4.66. The van der Waals surface area contributed by atoms with Gasteiger partial charge in [0.1, 0.15) is 6.17 Å². The molecule has 4 heteroatoms. The van der Waals surface area contributed by atoms with Crippen molar-refractivity contribution >= 4 is 17.7 Å². The van der Waals surface area contributed by atoms with Crippen LogP contribution in [0.3, 0.4) is 0 Å². The molecular formula is C15H22N2OS. The summed E-state index contributed by atoms with van der Waals surface area (Å²) in [5.41, 5.74) is 2.44. The summed E-state index contributed by atoms with van der Waals surface area (Å²) in [6.45, 7) is 6.84.